The van der Waals surface area contributed by atoms with Crippen LogP contribution in [0.4, 0.5) is 19.0 Å². The molecule has 1 atom stereocenters. The molecule has 1 saturated heterocycles. The van der Waals surface area contributed by atoms with E-state index in [0.717, 1.165) is 18.7 Å². The Hall–Kier alpha value is -1.34. The molecule has 2 heterocycles. The van der Waals surface area contributed by atoms with Gasteiger partial charge in [0, 0.05) is 19.3 Å². The van der Waals surface area contributed by atoms with Gasteiger partial charge in [-0.15, -0.1) is 0 Å². The number of hydrogen-bond acceptors (Lipinski definition) is 4. The third-order valence-electron chi connectivity index (χ3n) is 3.22. The molecule has 1 unspecified atom stereocenters. The number of aromatic nitrogens is 1. The largest absolute Gasteiger partial charge is 0.416 e. The molecule has 20 heavy (non-hydrogen) atoms. The van der Waals surface area contributed by atoms with E-state index in [4.69, 9.17) is 4.74 Å². The van der Waals surface area contributed by atoms with Gasteiger partial charge in [0.2, 0.25) is 0 Å². The highest BCUT2D eigenvalue weighted by Crippen LogP contribution is 2.31. The average molecular weight is 289 g/mol. The van der Waals surface area contributed by atoms with Crippen molar-refractivity contribution in [3.63, 3.8) is 0 Å². The quantitative estimate of drug-likeness (QED) is 0.919. The molecule has 0 aromatic carbocycles. The first-order valence-corrected chi connectivity index (χ1v) is 6.60. The summed E-state index contributed by atoms with van der Waals surface area (Å²) < 4.78 is 43.7. The SMILES string of the molecule is CCNCC1COCCN1c1cc(C(F)(F)F)ccn1. The third kappa shape index (κ3) is 3.61. The second-order valence-electron chi connectivity index (χ2n) is 4.63. The smallest absolute Gasteiger partial charge is 0.377 e. The van der Waals surface area contributed by atoms with Crippen LogP contribution >= 0.6 is 0 Å². The van der Waals surface area contributed by atoms with Gasteiger partial charge in [0.05, 0.1) is 24.8 Å². The second kappa shape index (κ2) is 6.41. The molecule has 0 amide bonds. The molecule has 1 aromatic rings. The normalized spacial score (nSPS) is 20.2. The van der Waals surface area contributed by atoms with Crippen LogP contribution in [0.25, 0.3) is 0 Å². The molecule has 0 bridgehead atoms. The van der Waals surface area contributed by atoms with Gasteiger partial charge in [-0.25, -0.2) is 4.98 Å². The Kier molecular flexibility index (Phi) is 4.82. The van der Waals surface area contributed by atoms with E-state index in [1.165, 1.54) is 6.20 Å². The van der Waals surface area contributed by atoms with Crippen molar-refractivity contribution in [2.75, 3.05) is 37.7 Å². The zero-order valence-corrected chi connectivity index (χ0v) is 11.3. The van der Waals surface area contributed by atoms with E-state index in [-0.39, 0.29) is 6.04 Å². The fourth-order valence-electron chi connectivity index (χ4n) is 2.19. The van der Waals surface area contributed by atoms with E-state index in [2.05, 4.69) is 10.3 Å². The standard InChI is InChI=1S/C13H18F3N3O/c1-2-17-8-11-9-20-6-5-19(11)12-7-10(3-4-18-12)13(14,15)16/h3-4,7,11,17H,2,5-6,8-9H2,1H3. The van der Waals surface area contributed by atoms with Crippen LogP contribution in [-0.4, -0.2) is 43.9 Å². The summed E-state index contributed by atoms with van der Waals surface area (Å²) in [6, 6.07) is 2.09. The highest BCUT2D eigenvalue weighted by Gasteiger charge is 2.32. The summed E-state index contributed by atoms with van der Waals surface area (Å²) >= 11 is 0. The maximum absolute atomic E-state index is 12.8. The van der Waals surface area contributed by atoms with Crippen molar-refractivity contribution in [1.29, 1.82) is 0 Å². The van der Waals surface area contributed by atoms with Crippen molar-refractivity contribution < 1.29 is 17.9 Å². The fraction of sp³-hybridized carbons (Fsp3) is 0.615. The zero-order chi connectivity index (χ0) is 14.6. The molecule has 1 N–H and O–H groups in total. The van der Waals surface area contributed by atoms with Gasteiger partial charge < -0.3 is 15.0 Å². The second-order valence-corrected chi connectivity index (χ2v) is 4.63. The van der Waals surface area contributed by atoms with Crippen molar-refractivity contribution in [2.45, 2.75) is 19.1 Å². The predicted octanol–water partition coefficient (Wildman–Crippen LogP) is 1.92. The van der Waals surface area contributed by atoms with Crippen LogP contribution in [0.15, 0.2) is 18.3 Å². The van der Waals surface area contributed by atoms with Crippen LogP contribution in [0.3, 0.4) is 0 Å². The van der Waals surface area contributed by atoms with Crippen LogP contribution in [0.1, 0.15) is 12.5 Å². The molecule has 7 heteroatoms. The molecule has 0 saturated carbocycles. The van der Waals surface area contributed by atoms with Gasteiger partial charge in [0.1, 0.15) is 5.82 Å². The van der Waals surface area contributed by atoms with Gasteiger partial charge in [-0.2, -0.15) is 13.2 Å². The molecular weight excluding hydrogens is 271 g/mol. The molecule has 2 rings (SSSR count). The van der Waals surface area contributed by atoms with Crippen LogP contribution in [0, 0.1) is 0 Å². The van der Waals surface area contributed by atoms with Gasteiger partial charge in [0.25, 0.3) is 0 Å². The minimum atomic E-state index is -4.35. The average Bonchev–Trinajstić information content (AvgIpc) is 2.45. The minimum absolute atomic E-state index is 0.000293. The van der Waals surface area contributed by atoms with E-state index in [1.54, 1.807) is 0 Å². The van der Waals surface area contributed by atoms with Crippen LogP contribution < -0.4 is 10.2 Å². The highest BCUT2D eigenvalue weighted by molar-refractivity contribution is 5.43. The Morgan fingerprint density at radius 3 is 3.00 bits per heavy atom. The molecule has 0 radical (unpaired) electrons. The molecule has 0 spiro atoms. The molecule has 1 fully saturated rings. The van der Waals surface area contributed by atoms with Crippen molar-refractivity contribution >= 4 is 5.82 Å². The summed E-state index contributed by atoms with van der Waals surface area (Å²) in [4.78, 5) is 5.95. The fourth-order valence-corrected chi connectivity index (χ4v) is 2.19. The molecule has 1 aromatic heterocycles. The van der Waals surface area contributed by atoms with E-state index in [0.29, 0.717) is 32.1 Å². The summed E-state index contributed by atoms with van der Waals surface area (Å²) in [5.41, 5.74) is -0.670. The number of halogens is 3. The lowest BCUT2D eigenvalue weighted by molar-refractivity contribution is -0.137. The first-order chi connectivity index (χ1) is 9.52. The van der Waals surface area contributed by atoms with Crippen molar-refractivity contribution in [1.82, 2.24) is 10.3 Å². The minimum Gasteiger partial charge on any atom is -0.377 e. The Morgan fingerprint density at radius 1 is 1.50 bits per heavy atom. The predicted molar refractivity (Wildman–Crippen MR) is 69.7 cm³/mol. The van der Waals surface area contributed by atoms with E-state index >= 15 is 0 Å². The molecule has 1 aliphatic rings. The first kappa shape index (κ1) is 15.1. The van der Waals surface area contributed by atoms with E-state index in [9.17, 15) is 13.2 Å². The van der Waals surface area contributed by atoms with Gasteiger partial charge in [-0.3, -0.25) is 0 Å². The van der Waals surface area contributed by atoms with Crippen molar-refractivity contribution in [3.05, 3.63) is 23.9 Å². The third-order valence-corrected chi connectivity index (χ3v) is 3.22. The number of hydrogen-bond donors (Lipinski definition) is 1. The molecule has 0 aliphatic carbocycles. The van der Waals surface area contributed by atoms with Gasteiger partial charge in [-0.1, -0.05) is 6.92 Å². The summed E-state index contributed by atoms with van der Waals surface area (Å²) in [6.07, 6.45) is -3.14. The number of morpholine rings is 1. The van der Waals surface area contributed by atoms with Crippen LogP contribution in [0.5, 0.6) is 0 Å². The summed E-state index contributed by atoms with van der Waals surface area (Å²) in [7, 11) is 0. The molecule has 112 valence electrons. The highest BCUT2D eigenvalue weighted by atomic mass is 19.4. The topological polar surface area (TPSA) is 37.4 Å². The summed E-state index contributed by atoms with van der Waals surface area (Å²) in [5, 5.41) is 3.19. The Balaban J connectivity index is 2.19. The van der Waals surface area contributed by atoms with Gasteiger partial charge >= 0.3 is 6.18 Å². The maximum Gasteiger partial charge on any atom is 0.416 e. The first-order valence-electron chi connectivity index (χ1n) is 6.60. The van der Waals surface area contributed by atoms with E-state index in [1.807, 2.05) is 11.8 Å². The lowest BCUT2D eigenvalue weighted by atomic mass is 10.2. The lowest BCUT2D eigenvalue weighted by Crippen LogP contribution is -2.51. The summed E-state index contributed by atoms with van der Waals surface area (Å²) in [6.45, 7) is 4.99. The number of rotatable bonds is 4. The number of alkyl halides is 3. The monoisotopic (exact) mass is 289 g/mol. The lowest BCUT2D eigenvalue weighted by Gasteiger charge is -2.36. The maximum atomic E-state index is 12.8. The number of likely N-dealkylation sites (N-methyl/N-ethyl adjacent to an activating group) is 1. The number of nitrogens with one attached hydrogen (secondary N) is 1. The molecule has 1 aliphatic heterocycles. The Morgan fingerprint density at radius 2 is 2.30 bits per heavy atom. The van der Waals surface area contributed by atoms with Crippen molar-refractivity contribution in [3.8, 4) is 0 Å². The van der Waals surface area contributed by atoms with E-state index < -0.39 is 11.7 Å². The van der Waals surface area contributed by atoms with Crippen molar-refractivity contribution in [2.24, 2.45) is 0 Å². The van der Waals surface area contributed by atoms with Crippen LogP contribution in [-0.2, 0) is 10.9 Å². The van der Waals surface area contributed by atoms with Crippen LogP contribution in [0.2, 0.25) is 0 Å². The Bertz CT molecular complexity index is 439. The summed E-state index contributed by atoms with van der Waals surface area (Å²) in [5.74, 6) is 0.353. The number of nitrogens with zero attached hydrogens (tertiary/aromatic N) is 2. The number of pyridine rings is 1. The molecule has 4 nitrogen and oxygen atoms in total. The number of anilines is 1. The Labute approximate surface area is 115 Å². The van der Waals surface area contributed by atoms with Gasteiger partial charge in [0.15, 0.2) is 0 Å². The zero-order valence-electron chi connectivity index (χ0n) is 11.3. The number of ether oxygens (including phenoxy) is 1. The van der Waals surface area contributed by atoms with Gasteiger partial charge in [-0.05, 0) is 18.7 Å². The molecular formula is C13H18F3N3O.